The first-order valence-electron chi connectivity index (χ1n) is 7.49. The third-order valence-corrected chi connectivity index (χ3v) is 5.36. The highest BCUT2D eigenvalue weighted by atomic mass is 32.1. The van der Waals surface area contributed by atoms with Crippen LogP contribution < -0.4 is 10.6 Å². The van der Waals surface area contributed by atoms with Crippen LogP contribution in [0.15, 0.2) is 0 Å². The van der Waals surface area contributed by atoms with Gasteiger partial charge in [0, 0.05) is 29.4 Å². The van der Waals surface area contributed by atoms with Gasteiger partial charge in [-0.1, -0.05) is 20.8 Å². The molecule has 1 aliphatic rings. The zero-order valence-electron chi connectivity index (χ0n) is 13.8. The molecule has 0 aliphatic carbocycles. The van der Waals surface area contributed by atoms with Crippen molar-refractivity contribution in [2.75, 3.05) is 19.6 Å². The van der Waals surface area contributed by atoms with Crippen LogP contribution >= 0.6 is 11.3 Å². The first-order chi connectivity index (χ1) is 10.2. The van der Waals surface area contributed by atoms with E-state index in [1.54, 1.807) is 11.3 Å². The van der Waals surface area contributed by atoms with Crippen molar-refractivity contribution in [3.63, 3.8) is 0 Å². The van der Waals surface area contributed by atoms with Crippen LogP contribution in [0.25, 0.3) is 0 Å². The molecule has 0 bridgehead atoms. The van der Waals surface area contributed by atoms with Gasteiger partial charge in [-0.3, -0.25) is 9.69 Å². The van der Waals surface area contributed by atoms with Gasteiger partial charge in [0.25, 0.3) is 0 Å². The molecule has 0 radical (unpaired) electrons. The Morgan fingerprint density at radius 1 is 1.41 bits per heavy atom. The van der Waals surface area contributed by atoms with E-state index >= 15 is 0 Å². The summed E-state index contributed by atoms with van der Waals surface area (Å²) in [7, 11) is 0. The van der Waals surface area contributed by atoms with Crippen molar-refractivity contribution in [2.45, 2.75) is 46.1 Å². The van der Waals surface area contributed by atoms with Gasteiger partial charge in [0.05, 0.1) is 17.2 Å². The molecule has 1 aromatic rings. The molecule has 3 amide bonds. The normalized spacial score (nSPS) is 17.0. The lowest BCUT2D eigenvalue weighted by Crippen LogP contribution is -2.37. The summed E-state index contributed by atoms with van der Waals surface area (Å²) in [6.45, 7) is 11.6. The number of aryl methyl sites for hydroxylation is 1. The van der Waals surface area contributed by atoms with Crippen LogP contribution in [0.2, 0.25) is 0 Å². The molecular weight excluding hydrogens is 300 g/mol. The molecule has 7 heteroatoms. The molecule has 1 aromatic heterocycles. The number of nitrogens with one attached hydrogen (secondary N) is 2. The molecule has 1 saturated heterocycles. The summed E-state index contributed by atoms with van der Waals surface area (Å²) in [6.07, 6.45) is 0. The Balaban J connectivity index is 1.92. The van der Waals surface area contributed by atoms with Crippen molar-refractivity contribution in [3.8, 4) is 0 Å². The number of hydrogen-bond donors (Lipinski definition) is 2. The van der Waals surface area contributed by atoms with E-state index in [9.17, 15) is 9.59 Å². The zero-order chi connectivity index (χ0) is 16.5. The van der Waals surface area contributed by atoms with E-state index < -0.39 is 0 Å². The Morgan fingerprint density at radius 2 is 2.09 bits per heavy atom. The summed E-state index contributed by atoms with van der Waals surface area (Å²) in [6, 6.07) is -0.155. The fourth-order valence-electron chi connectivity index (χ4n) is 2.30. The van der Waals surface area contributed by atoms with Crippen LogP contribution in [0, 0.1) is 6.92 Å². The molecule has 2 N–H and O–H groups in total. The molecular formula is C15H24N4O2S. The van der Waals surface area contributed by atoms with Crippen LogP contribution in [0.1, 0.15) is 49.3 Å². The van der Waals surface area contributed by atoms with Crippen LogP contribution in [-0.2, 0) is 10.2 Å². The number of thiazole rings is 1. The number of carbonyl (C=O) groups is 2. The summed E-state index contributed by atoms with van der Waals surface area (Å²) in [5, 5.41) is 7.02. The van der Waals surface area contributed by atoms with Gasteiger partial charge in [-0.25, -0.2) is 9.78 Å². The Hall–Kier alpha value is -1.47. The molecule has 1 atom stereocenters. The summed E-state index contributed by atoms with van der Waals surface area (Å²) >= 11 is 1.72. The molecule has 0 spiro atoms. The fraction of sp³-hybridized carbons (Fsp3) is 0.667. The average Bonchev–Trinajstić information content (AvgIpc) is 2.95. The highest BCUT2D eigenvalue weighted by molar-refractivity contribution is 7.12. The second kappa shape index (κ2) is 6.34. The van der Waals surface area contributed by atoms with Gasteiger partial charge in [-0.05, 0) is 13.8 Å². The lowest BCUT2D eigenvalue weighted by molar-refractivity contribution is -0.124. The Morgan fingerprint density at radius 3 is 2.59 bits per heavy atom. The highest BCUT2D eigenvalue weighted by Gasteiger charge is 2.28. The van der Waals surface area contributed by atoms with Gasteiger partial charge in [0.15, 0.2) is 0 Å². The fourth-order valence-corrected chi connectivity index (χ4v) is 3.45. The molecule has 1 aliphatic heterocycles. The minimum absolute atomic E-state index is 0.0491. The molecule has 0 aromatic carbocycles. The molecule has 2 rings (SSSR count). The second-order valence-corrected chi connectivity index (χ2v) is 7.63. The number of imide groups is 1. The van der Waals surface area contributed by atoms with E-state index in [1.165, 1.54) is 9.78 Å². The molecule has 22 heavy (non-hydrogen) atoms. The minimum atomic E-state index is -0.302. The van der Waals surface area contributed by atoms with E-state index in [1.807, 2.05) is 6.92 Å². The van der Waals surface area contributed by atoms with Crippen LogP contribution in [0.5, 0.6) is 0 Å². The van der Waals surface area contributed by atoms with Gasteiger partial charge in [-0.15, -0.1) is 11.3 Å². The highest BCUT2D eigenvalue weighted by Crippen LogP contribution is 2.32. The van der Waals surface area contributed by atoms with Crippen LogP contribution in [0.4, 0.5) is 4.79 Å². The van der Waals surface area contributed by atoms with Crippen LogP contribution in [0.3, 0.4) is 0 Å². The standard InChI is InChI=1S/C15H24N4O2S/c1-9(12-10(2)18-13(22-12)15(3,4)5)16-6-7-19-11(20)8-17-14(19)21/h9,16H,6-8H2,1-5H3,(H,17,21)/t9-/m0/s1. The number of rotatable bonds is 5. The number of urea groups is 1. The van der Waals surface area contributed by atoms with Crippen molar-refractivity contribution in [1.29, 1.82) is 0 Å². The van der Waals surface area contributed by atoms with Gasteiger partial charge < -0.3 is 10.6 Å². The number of aromatic nitrogens is 1. The Labute approximate surface area is 135 Å². The predicted octanol–water partition coefficient (Wildman–Crippen LogP) is 1.95. The number of carbonyl (C=O) groups excluding carboxylic acids is 2. The minimum Gasteiger partial charge on any atom is -0.329 e. The average molecular weight is 324 g/mol. The van der Waals surface area contributed by atoms with Crippen molar-refractivity contribution < 1.29 is 9.59 Å². The summed E-state index contributed by atoms with van der Waals surface area (Å²) in [4.78, 5) is 30.1. The smallest absolute Gasteiger partial charge is 0.324 e. The molecule has 0 saturated carbocycles. The van der Waals surface area contributed by atoms with Crippen molar-refractivity contribution in [1.82, 2.24) is 20.5 Å². The summed E-state index contributed by atoms with van der Waals surface area (Å²) in [5.74, 6) is -0.163. The largest absolute Gasteiger partial charge is 0.329 e. The monoisotopic (exact) mass is 324 g/mol. The molecule has 122 valence electrons. The van der Waals surface area contributed by atoms with Gasteiger partial charge in [0.2, 0.25) is 5.91 Å². The number of nitrogens with zero attached hydrogens (tertiary/aromatic N) is 2. The first-order valence-corrected chi connectivity index (χ1v) is 8.31. The quantitative estimate of drug-likeness (QED) is 0.812. The maximum absolute atomic E-state index is 11.5. The molecule has 2 heterocycles. The number of hydrogen-bond acceptors (Lipinski definition) is 5. The van der Waals surface area contributed by atoms with Gasteiger partial charge in [-0.2, -0.15) is 0 Å². The van der Waals surface area contributed by atoms with Crippen molar-refractivity contribution in [3.05, 3.63) is 15.6 Å². The van der Waals surface area contributed by atoms with Crippen molar-refractivity contribution in [2.24, 2.45) is 0 Å². The zero-order valence-corrected chi connectivity index (χ0v) is 14.6. The van der Waals surface area contributed by atoms with Crippen molar-refractivity contribution >= 4 is 23.3 Å². The van der Waals surface area contributed by atoms with Crippen LogP contribution in [-0.4, -0.2) is 41.5 Å². The van der Waals surface area contributed by atoms with E-state index in [0.29, 0.717) is 13.1 Å². The molecule has 0 unspecified atom stereocenters. The summed E-state index contributed by atoms with van der Waals surface area (Å²) < 4.78 is 0. The SMILES string of the molecule is Cc1nc(C(C)(C)C)sc1[C@H](C)NCCN1C(=O)CNC1=O. The Kier molecular flexibility index (Phi) is 4.87. The maximum atomic E-state index is 11.5. The van der Waals surface area contributed by atoms with E-state index in [-0.39, 0.29) is 29.9 Å². The molecule has 1 fully saturated rings. The lowest BCUT2D eigenvalue weighted by Gasteiger charge is -2.17. The second-order valence-electron chi connectivity index (χ2n) is 6.60. The lowest BCUT2D eigenvalue weighted by atomic mass is 9.98. The first kappa shape index (κ1) is 16.9. The van der Waals surface area contributed by atoms with E-state index in [2.05, 4.69) is 43.3 Å². The number of amides is 3. The maximum Gasteiger partial charge on any atom is 0.324 e. The topological polar surface area (TPSA) is 74.3 Å². The van der Waals surface area contributed by atoms with E-state index in [4.69, 9.17) is 0 Å². The van der Waals surface area contributed by atoms with Gasteiger partial charge >= 0.3 is 6.03 Å². The third kappa shape index (κ3) is 3.64. The predicted molar refractivity (Wildman–Crippen MR) is 87.1 cm³/mol. The van der Waals surface area contributed by atoms with E-state index in [0.717, 1.165) is 10.7 Å². The third-order valence-electron chi connectivity index (χ3n) is 3.59. The Bertz CT molecular complexity index is 561. The van der Waals surface area contributed by atoms with Gasteiger partial charge in [0.1, 0.15) is 0 Å². The molecule has 6 nitrogen and oxygen atoms in total. The summed E-state index contributed by atoms with van der Waals surface area (Å²) in [5.41, 5.74) is 1.10.